The van der Waals surface area contributed by atoms with Crippen LogP contribution in [-0.2, 0) is 16.6 Å². The normalized spacial score (nSPS) is 17.9. The second kappa shape index (κ2) is 9.37. The first-order chi connectivity index (χ1) is 17.0. The molecule has 2 aromatic heterocycles. The fourth-order valence-corrected chi connectivity index (χ4v) is 5.31. The largest absolute Gasteiger partial charge is 0.383 e. The number of amides is 2. The smallest absolute Gasteiger partial charge is 0.247 e. The number of fused-ring (bicyclic) bond motifs is 1. The minimum absolute atomic E-state index is 0.0385. The maximum Gasteiger partial charge on any atom is 0.247 e. The van der Waals surface area contributed by atoms with Crippen LogP contribution in [0.2, 0.25) is 0 Å². The lowest BCUT2D eigenvalue weighted by Gasteiger charge is -2.26. The number of carbonyl (C=O) groups is 2. The number of nitrogens with one attached hydrogen (secondary N) is 1. The molecule has 2 aliphatic rings. The van der Waals surface area contributed by atoms with E-state index in [0.717, 1.165) is 73.0 Å². The van der Waals surface area contributed by atoms with Crippen molar-refractivity contribution in [2.45, 2.75) is 32.1 Å². The molecule has 0 bridgehead atoms. The highest BCUT2D eigenvalue weighted by molar-refractivity contribution is 6.04. The molecule has 1 saturated heterocycles. The number of rotatable bonds is 5. The van der Waals surface area contributed by atoms with Crippen LogP contribution in [-0.4, -0.2) is 44.3 Å². The molecule has 1 aromatic carbocycles. The van der Waals surface area contributed by atoms with E-state index < -0.39 is 0 Å². The number of nitrogens with two attached hydrogens (primary N) is 1. The number of benzene rings is 1. The highest BCUT2D eigenvalue weighted by Crippen LogP contribution is 2.43. The summed E-state index contributed by atoms with van der Waals surface area (Å²) in [4.78, 5) is 35.4. The SMILES string of the molecule is C=CC(=O)Nc1ccc(-c2c(C3=CC[C@H](C(=O)N4CCCC4)CC3)c3c(N)ncnc3n2C)cc1. The van der Waals surface area contributed by atoms with Gasteiger partial charge in [-0.1, -0.05) is 24.8 Å². The zero-order chi connectivity index (χ0) is 24.5. The lowest BCUT2D eigenvalue weighted by molar-refractivity contribution is -0.134. The Balaban J connectivity index is 1.54. The molecule has 0 unspecified atom stereocenters. The van der Waals surface area contributed by atoms with E-state index in [1.54, 1.807) is 0 Å². The predicted molar refractivity (Wildman–Crippen MR) is 138 cm³/mol. The Labute approximate surface area is 204 Å². The average molecular weight is 471 g/mol. The molecule has 0 saturated carbocycles. The van der Waals surface area contributed by atoms with Crippen molar-refractivity contribution in [3.63, 3.8) is 0 Å². The fourth-order valence-electron chi connectivity index (χ4n) is 5.31. The fraction of sp³-hybridized carbons (Fsp3) is 0.333. The first kappa shape index (κ1) is 22.8. The van der Waals surface area contributed by atoms with Gasteiger partial charge in [-0.05, 0) is 61.4 Å². The molecule has 8 heteroatoms. The van der Waals surface area contributed by atoms with Gasteiger partial charge in [0.1, 0.15) is 17.8 Å². The van der Waals surface area contributed by atoms with E-state index in [1.807, 2.05) is 40.8 Å². The van der Waals surface area contributed by atoms with Crippen molar-refractivity contribution in [2.24, 2.45) is 13.0 Å². The van der Waals surface area contributed by atoms with E-state index in [1.165, 1.54) is 18.0 Å². The Morgan fingerprint density at radius 2 is 1.91 bits per heavy atom. The Kier molecular flexibility index (Phi) is 6.11. The molecule has 1 aliphatic carbocycles. The summed E-state index contributed by atoms with van der Waals surface area (Å²) < 4.78 is 2.04. The van der Waals surface area contributed by atoms with Gasteiger partial charge in [0.15, 0.2) is 0 Å². The van der Waals surface area contributed by atoms with Gasteiger partial charge in [-0.15, -0.1) is 0 Å². The molecule has 3 heterocycles. The van der Waals surface area contributed by atoms with Gasteiger partial charge in [0, 0.05) is 37.3 Å². The molecule has 3 N–H and O–H groups in total. The Morgan fingerprint density at radius 3 is 2.57 bits per heavy atom. The summed E-state index contributed by atoms with van der Waals surface area (Å²) in [5, 5.41) is 3.62. The number of hydrogen-bond acceptors (Lipinski definition) is 5. The van der Waals surface area contributed by atoms with E-state index in [4.69, 9.17) is 5.73 Å². The maximum atomic E-state index is 12.9. The van der Waals surface area contributed by atoms with Crippen LogP contribution in [0.5, 0.6) is 0 Å². The molecule has 180 valence electrons. The van der Waals surface area contributed by atoms with Gasteiger partial charge in [-0.2, -0.15) is 0 Å². The van der Waals surface area contributed by atoms with Crippen LogP contribution in [0.3, 0.4) is 0 Å². The van der Waals surface area contributed by atoms with Gasteiger partial charge in [-0.25, -0.2) is 9.97 Å². The van der Waals surface area contributed by atoms with Crippen molar-refractivity contribution in [2.75, 3.05) is 24.1 Å². The lowest BCUT2D eigenvalue weighted by atomic mass is 9.84. The van der Waals surface area contributed by atoms with Crippen LogP contribution in [0.15, 0.2) is 49.3 Å². The Bertz CT molecular complexity index is 1330. The number of anilines is 2. The first-order valence-electron chi connectivity index (χ1n) is 12.1. The van der Waals surface area contributed by atoms with Crippen molar-refractivity contribution < 1.29 is 9.59 Å². The Morgan fingerprint density at radius 1 is 1.17 bits per heavy atom. The van der Waals surface area contributed by atoms with Crippen LogP contribution in [0.25, 0.3) is 27.9 Å². The Hall–Kier alpha value is -3.94. The predicted octanol–water partition coefficient (Wildman–Crippen LogP) is 4.15. The first-order valence-corrected chi connectivity index (χ1v) is 12.1. The van der Waals surface area contributed by atoms with E-state index in [-0.39, 0.29) is 17.7 Å². The molecule has 1 fully saturated rings. The number of aryl methyl sites for hydroxylation is 1. The number of hydrogen-bond donors (Lipinski definition) is 2. The lowest BCUT2D eigenvalue weighted by Crippen LogP contribution is -2.34. The molecular weight excluding hydrogens is 440 g/mol. The van der Waals surface area contributed by atoms with Gasteiger partial charge in [0.25, 0.3) is 0 Å². The average Bonchev–Trinajstić information content (AvgIpc) is 3.52. The molecule has 0 spiro atoms. The molecule has 5 rings (SSSR count). The van der Waals surface area contributed by atoms with Crippen LogP contribution in [0, 0.1) is 5.92 Å². The molecule has 1 atom stereocenters. The summed E-state index contributed by atoms with van der Waals surface area (Å²) >= 11 is 0. The summed E-state index contributed by atoms with van der Waals surface area (Å²) in [5.41, 5.74) is 12.0. The quantitative estimate of drug-likeness (QED) is 0.545. The number of nitrogens with zero attached hydrogens (tertiary/aromatic N) is 4. The maximum absolute atomic E-state index is 12.9. The van der Waals surface area contributed by atoms with Gasteiger partial charge in [0.2, 0.25) is 11.8 Å². The summed E-state index contributed by atoms with van der Waals surface area (Å²) in [6.45, 7) is 5.27. The summed E-state index contributed by atoms with van der Waals surface area (Å²) in [6.07, 6.45) is 9.47. The van der Waals surface area contributed by atoms with Crippen LogP contribution < -0.4 is 11.1 Å². The van der Waals surface area contributed by atoms with E-state index in [9.17, 15) is 9.59 Å². The summed E-state index contributed by atoms with van der Waals surface area (Å²) in [7, 11) is 1.98. The van der Waals surface area contributed by atoms with Crippen LogP contribution in [0.4, 0.5) is 11.5 Å². The molecule has 8 nitrogen and oxygen atoms in total. The van der Waals surface area contributed by atoms with E-state index in [0.29, 0.717) is 11.5 Å². The highest BCUT2D eigenvalue weighted by Gasteiger charge is 2.30. The van der Waals surface area contributed by atoms with Crippen molar-refractivity contribution >= 4 is 39.9 Å². The molecule has 0 radical (unpaired) electrons. The zero-order valence-electron chi connectivity index (χ0n) is 20.0. The monoisotopic (exact) mass is 470 g/mol. The second-order valence-corrected chi connectivity index (χ2v) is 9.24. The number of allylic oxidation sites excluding steroid dienone is 2. The standard InChI is InChI=1S/C27H30N6O2/c1-3-21(34)31-20-12-10-18(11-13-20)24-22(23-25(28)29-16-30-26(23)32(24)2)17-6-8-19(9-7-17)27(35)33-14-4-5-15-33/h3,6,10-13,16,19H,1,4-5,7-9,14-15H2,2H3,(H,31,34)(H2,28,29,30)/t19-/m0/s1. The van der Waals surface area contributed by atoms with Crippen molar-refractivity contribution in [1.82, 2.24) is 19.4 Å². The summed E-state index contributed by atoms with van der Waals surface area (Å²) in [6, 6.07) is 7.69. The zero-order valence-corrected chi connectivity index (χ0v) is 20.0. The number of aromatic nitrogens is 3. The topological polar surface area (TPSA) is 106 Å². The van der Waals surface area contributed by atoms with E-state index in [2.05, 4.69) is 27.9 Å². The van der Waals surface area contributed by atoms with Crippen LogP contribution >= 0.6 is 0 Å². The second-order valence-electron chi connectivity index (χ2n) is 9.24. The molecule has 3 aromatic rings. The van der Waals surface area contributed by atoms with Crippen molar-refractivity contribution in [1.29, 1.82) is 0 Å². The number of nitrogen functional groups attached to an aromatic ring is 1. The minimum atomic E-state index is -0.253. The minimum Gasteiger partial charge on any atom is -0.383 e. The third-order valence-electron chi connectivity index (χ3n) is 7.11. The number of likely N-dealkylation sites (tertiary alicyclic amines) is 1. The summed E-state index contributed by atoms with van der Waals surface area (Å²) in [5.74, 6) is 0.516. The van der Waals surface area contributed by atoms with Crippen molar-refractivity contribution in [3.8, 4) is 11.3 Å². The molecule has 35 heavy (non-hydrogen) atoms. The van der Waals surface area contributed by atoms with Crippen molar-refractivity contribution in [3.05, 3.63) is 54.9 Å². The van der Waals surface area contributed by atoms with Gasteiger partial charge in [-0.3, -0.25) is 9.59 Å². The number of carbonyl (C=O) groups excluding carboxylic acids is 2. The molecule has 2 amide bonds. The van der Waals surface area contributed by atoms with Gasteiger partial charge in [0.05, 0.1) is 11.1 Å². The van der Waals surface area contributed by atoms with E-state index >= 15 is 0 Å². The highest BCUT2D eigenvalue weighted by atomic mass is 16.2. The third-order valence-corrected chi connectivity index (χ3v) is 7.11. The van der Waals surface area contributed by atoms with Crippen LogP contribution in [0.1, 0.15) is 37.7 Å². The van der Waals surface area contributed by atoms with Gasteiger partial charge >= 0.3 is 0 Å². The molecule has 1 aliphatic heterocycles. The third kappa shape index (κ3) is 4.20. The molecular formula is C27H30N6O2. The van der Waals surface area contributed by atoms with Gasteiger partial charge < -0.3 is 20.5 Å².